The molecule has 0 aliphatic carbocycles. The Morgan fingerprint density at radius 1 is 0.912 bits per heavy atom. The molecule has 2 aromatic rings. The van der Waals surface area contributed by atoms with Crippen LogP contribution >= 0.6 is 0 Å². The number of carbonyl (C=O) groups is 3. The highest BCUT2D eigenvalue weighted by Crippen LogP contribution is 2.07. The molecule has 0 saturated heterocycles. The van der Waals surface area contributed by atoms with E-state index >= 15 is 0 Å². The van der Waals surface area contributed by atoms with Gasteiger partial charge in [-0.3, -0.25) is 29.4 Å². The Kier molecular flexibility index (Phi) is 11.1. The van der Waals surface area contributed by atoms with E-state index in [1.165, 1.54) is 14.0 Å². The van der Waals surface area contributed by atoms with Crippen molar-refractivity contribution in [3.05, 3.63) is 60.2 Å². The Hall–Kier alpha value is -3.37. The summed E-state index contributed by atoms with van der Waals surface area (Å²) in [6.45, 7) is 5.87. The van der Waals surface area contributed by atoms with Gasteiger partial charge in [0.1, 0.15) is 12.1 Å². The predicted molar refractivity (Wildman–Crippen MR) is 127 cm³/mol. The van der Waals surface area contributed by atoms with Crippen molar-refractivity contribution in [3.8, 4) is 0 Å². The monoisotopic (exact) mass is 470 g/mol. The molecule has 2 heterocycles. The summed E-state index contributed by atoms with van der Waals surface area (Å²) >= 11 is 0. The van der Waals surface area contributed by atoms with Crippen LogP contribution in [-0.4, -0.2) is 83.4 Å². The van der Waals surface area contributed by atoms with Gasteiger partial charge in [-0.2, -0.15) is 0 Å². The molecule has 2 amide bonds. The van der Waals surface area contributed by atoms with Gasteiger partial charge in [-0.1, -0.05) is 12.1 Å². The zero-order valence-electron chi connectivity index (χ0n) is 20.2. The van der Waals surface area contributed by atoms with Gasteiger partial charge in [0, 0.05) is 38.6 Å². The van der Waals surface area contributed by atoms with Gasteiger partial charge >= 0.3 is 5.97 Å². The molecule has 0 spiro atoms. The number of likely N-dealkylation sites (N-methyl/N-ethyl adjacent to an activating group) is 1. The van der Waals surface area contributed by atoms with Crippen LogP contribution < -0.4 is 10.6 Å². The van der Waals surface area contributed by atoms with Crippen LogP contribution in [0.3, 0.4) is 0 Å². The summed E-state index contributed by atoms with van der Waals surface area (Å²) in [5, 5.41) is 5.18. The van der Waals surface area contributed by atoms with E-state index in [1.54, 1.807) is 19.3 Å². The van der Waals surface area contributed by atoms with Gasteiger partial charge in [0.05, 0.1) is 25.0 Å². The van der Waals surface area contributed by atoms with Gasteiger partial charge in [0.15, 0.2) is 0 Å². The van der Waals surface area contributed by atoms with Crippen molar-refractivity contribution < 1.29 is 19.1 Å². The number of nitrogens with one attached hydrogen (secondary N) is 2. The number of rotatable bonds is 13. The Labute approximate surface area is 200 Å². The second-order valence-electron chi connectivity index (χ2n) is 8.13. The van der Waals surface area contributed by atoms with E-state index in [4.69, 9.17) is 0 Å². The molecule has 0 fully saturated rings. The van der Waals surface area contributed by atoms with Crippen molar-refractivity contribution in [1.82, 2.24) is 30.4 Å². The molecule has 184 valence electrons. The fourth-order valence-corrected chi connectivity index (χ4v) is 3.22. The van der Waals surface area contributed by atoms with Crippen LogP contribution in [0.15, 0.2) is 48.8 Å². The number of methoxy groups -OCH3 is 1. The highest BCUT2D eigenvalue weighted by Gasteiger charge is 2.21. The minimum Gasteiger partial charge on any atom is -0.467 e. The molecule has 2 aromatic heterocycles. The van der Waals surface area contributed by atoms with E-state index in [9.17, 15) is 14.4 Å². The third-order valence-electron chi connectivity index (χ3n) is 5.12. The van der Waals surface area contributed by atoms with E-state index in [-0.39, 0.29) is 12.5 Å². The van der Waals surface area contributed by atoms with Crippen molar-refractivity contribution in [2.45, 2.75) is 39.0 Å². The summed E-state index contributed by atoms with van der Waals surface area (Å²) < 4.78 is 4.59. The summed E-state index contributed by atoms with van der Waals surface area (Å²) in [5.41, 5.74) is 1.92. The average Bonchev–Trinajstić information content (AvgIpc) is 2.83. The van der Waals surface area contributed by atoms with E-state index in [1.807, 2.05) is 48.3 Å². The SMILES string of the molecule is COC(=O)[C@@H](C)NC(=O)[C@@H](C)NC(=O)CN(C)CCN(Cc1ccccn1)Cc1ccccn1. The lowest BCUT2D eigenvalue weighted by atomic mass is 10.2. The molecule has 10 nitrogen and oxygen atoms in total. The number of hydrogen-bond donors (Lipinski definition) is 2. The maximum Gasteiger partial charge on any atom is 0.328 e. The molecule has 0 aliphatic rings. The van der Waals surface area contributed by atoms with Crippen molar-refractivity contribution in [2.24, 2.45) is 0 Å². The minimum atomic E-state index is -0.788. The van der Waals surface area contributed by atoms with E-state index < -0.39 is 24.0 Å². The van der Waals surface area contributed by atoms with Crippen molar-refractivity contribution in [2.75, 3.05) is 33.8 Å². The van der Waals surface area contributed by atoms with Crippen molar-refractivity contribution >= 4 is 17.8 Å². The van der Waals surface area contributed by atoms with E-state index in [0.29, 0.717) is 26.2 Å². The number of ether oxygens (including phenoxy) is 1. The number of hydrogen-bond acceptors (Lipinski definition) is 8. The van der Waals surface area contributed by atoms with Crippen molar-refractivity contribution in [1.29, 1.82) is 0 Å². The van der Waals surface area contributed by atoms with Crippen LogP contribution in [-0.2, 0) is 32.2 Å². The zero-order chi connectivity index (χ0) is 24.9. The smallest absolute Gasteiger partial charge is 0.328 e. The molecule has 10 heteroatoms. The summed E-state index contributed by atoms with van der Waals surface area (Å²) in [7, 11) is 3.10. The first kappa shape index (κ1) is 26.9. The normalized spacial score (nSPS) is 12.8. The standard InChI is InChI=1S/C24H34N6O4/c1-18(23(32)28-19(2)24(33)34-4)27-22(31)17-29(3)13-14-30(15-20-9-5-7-11-25-20)16-21-10-6-8-12-26-21/h5-12,18-19H,13-17H2,1-4H3,(H,27,31)(H,28,32)/t18-,19-/m1/s1. The average molecular weight is 471 g/mol. The lowest BCUT2D eigenvalue weighted by Gasteiger charge is -2.25. The maximum absolute atomic E-state index is 12.4. The molecule has 0 unspecified atom stereocenters. The summed E-state index contributed by atoms with van der Waals surface area (Å²) in [6, 6.07) is 10.1. The molecular formula is C24H34N6O4. The fourth-order valence-electron chi connectivity index (χ4n) is 3.22. The number of aromatic nitrogens is 2. The van der Waals surface area contributed by atoms with Crippen LogP contribution in [0.25, 0.3) is 0 Å². The van der Waals surface area contributed by atoms with E-state index in [0.717, 1.165) is 11.4 Å². The molecule has 0 saturated carbocycles. The van der Waals surface area contributed by atoms with Gasteiger partial charge in [-0.15, -0.1) is 0 Å². The lowest BCUT2D eigenvalue weighted by Crippen LogP contribution is -2.51. The Morgan fingerprint density at radius 2 is 1.50 bits per heavy atom. The summed E-state index contributed by atoms with van der Waals surface area (Å²) in [5.74, 6) is -1.28. The van der Waals surface area contributed by atoms with Gasteiger partial charge in [-0.05, 0) is 45.2 Å². The Bertz CT molecular complexity index is 871. The maximum atomic E-state index is 12.4. The Balaban J connectivity index is 1.84. The van der Waals surface area contributed by atoms with Crippen molar-refractivity contribution in [3.63, 3.8) is 0 Å². The summed E-state index contributed by atoms with van der Waals surface area (Å²) in [4.78, 5) is 49.0. The predicted octanol–water partition coefficient (Wildman–Crippen LogP) is 0.593. The quantitative estimate of drug-likeness (QED) is 0.409. The number of nitrogens with zero attached hydrogens (tertiary/aromatic N) is 4. The number of carbonyl (C=O) groups excluding carboxylic acids is 3. The zero-order valence-corrected chi connectivity index (χ0v) is 20.2. The van der Waals surface area contributed by atoms with Crippen LogP contribution in [0.2, 0.25) is 0 Å². The molecule has 0 radical (unpaired) electrons. The molecule has 2 N–H and O–H groups in total. The van der Waals surface area contributed by atoms with Crippen LogP contribution in [0.4, 0.5) is 0 Å². The second kappa shape index (κ2) is 14.0. The molecule has 0 aliphatic heterocycles. The summed E-state index contributed by atoms with van der Waals surface area (Å²) in [6.07, 6.45) is 3.54. The van der Waals surface area contributed by atoms with Gasteiger partial charge in [0.25, 0.3) is 0 Å². The van der Waals surface area contributed by atoms with Crippen LogP contribution in [0, 0.1) is 0 Å². The lowest BCUT2D eigenvalue weighted by molar-refractivity contribution is -0.144. The third-order valence-corrected chi connectivity index (χ3v) is 5.12. The molecule has 0 bridgehead atoms. The molecule has 34 heavy (non-hydrogen) atoms. The highest BCUT2D eigenvalue weighted by molar-refractivity contribution is 5.90. The van der Waals surface area contributed by atoms with Crippen LogP contribution in [0.1, 0.15) is 25.2 Å². The second-order valence-corrected chi connectivity index (χ2v) is 8.13. The van der Waals surface area contributed by atoms with Gasteiger partial charge in [-0.25, -0.2) is 4.79 Å². The first-order chi connectivity index (χ1) is 16.3. The number of pyridine rings is 2. The first-order valence-corrected chi connectivity index (χ1v) is 11.2. The molecular weight excluding hydrogens is 436 g/mol. The largest absolute Gasteiger partial charge is 0.467 e. The number of amides is 2. The Morgan fingerprint density at radius 3 is 2.00 bits per heavy atom. The fraction of sp³-hybridized carbons (Fsp3) is 0.458. The number of esters is 1. The molecule has 2 rings (SSSR count). The van der Waals surface area contributed by atoms with Gasteiger partial charge < -0.3 is 15.4 Å². The van der Waals surface area contributed by atoms with Gasteiger partial charge in [0.2, 0.25) is 11.8 Å². The molecule has 0 aromatic carbocycles. The minimum absolute atomic E-state index is 0.130. The highest BCUT2D eigenvalue weighted by atomic mass is 16.5. The van der Waals surface area contributed by atoms with Crippen LogP contribution in [0.5, 0.6) is 0 Å². The van der Waals surface area contributed by atoms with E-state index in [2.05, 4.69) is 30.2 Å². The molecule has 2 atom stereocenters. The topological polar surface area (TPSA) is 117 Å². The third kappa shape index (κ3) is 9.63. The first-order valence-electron chi connectivity index (χ1n) is 11.2.